The van der Waals surface area contributed by atoms with E-state index < -0.39 is 0 Å². The van der Waals surface area contributed by atoms with Crippen LogP contribution >= 0.6 is 0 Å². The van der Waals surface area contributed by atoms with Crippen LogP contribution in [0.1, 0.15) is 18.9 Å². The predicted octanol–water partition coefficient (Wildman–Crippen LogP) is 1.32. The highest BCUT2D eigenvalue weighted by Crippen LogP contribution is 2.27. The first-order valence-corrected chi connectivity index (χ1v) is 6.42. The topological polar surface area (TPSA) is 59.6 Å². The smallest absolute Gasteiger partial charge is 0.257 e. The van der Waals surface area contributed by atoms with Crippen molar-refractivity contribution >= 4 is 5.91 Å². The van der Waals surface area contributed by atoms with Crippen molar-refractivity contribution in [1.29, 1.82) is 0 Å². The van der Waals surface area contributed by atoms with Crippen molar-refractivity contribution in [2.75, 3.05) is 27.3 Å². The Morgan fingerprint density at radius 1 is 1.32 bits per heavy atom. The first-order chi connectivity index (χ1) is 9.21. The van der Waals surface area contributed by atoms with Gasteiger partial charge in [-0.05, 0) is 31.2 Å². The zero-order valence-corrected chi connectivity index (χ0v) is 11.8. The lowest BCUT2D eigenvalue weighted by Gasteiger charge is -2.12. The minimum atomic E-state index is -0.122. The number of hydrogen-bond acceptors (Lipinski definition) is 4. The summed E-state index contributed by atoms with van der Waals surface area (Å²) in [6.45, 7) is 3.41. The molecule has 1 rings (SSSR count). The van der Waals surface area contributed by atoms with Gasteiger partial charge in [-0.25, -0.2) is 0 Å². The van der Waals surface area contributed by atoms with Crippen molar-refractivity contribution in [2.24, 2.45) is 0 Å². The van der Waals surface area contributed by atoms with E-state index in [1.54, 1.807) is 7.11 Å². The Labute approximate surface area is 114 Å². The van der Waals surface area contributed by atoms with Crippen LogP contribution in [0, 0.1) is 0 Å². The third-order valence-electron chi connectivity index (χ3n) is 2.54. The lowest BCUT2D eigenvalue weighted by Crippen LogP contribution is -2.29. The summed E-state index contributed by atoms with van der Waals surface area (Å²) in [6.07, 6.45) is 0.909. The van der Waals surface area contributed by atoms with E-state index in [0.29, 0.717) is 18.0 Å². The maximum atomic E-state index is 11.5. The van der Waals surface area contributed by atoms with Crippen LogP contribution in [0.3, 0.4) is 0 Å². The molecule has 1 aromatic rings. The summed E-state index contributed by atoms with van der Waals surface area (Å²) < 4.78 is 10.7. The van der Waals surface area contributed by atoms with E-state index in [1.165, 1.54) is 0 Å². The molecule has 0 heterocycles. The Kier molecular flexibility index (Phi) is 6.74. The van der Waals surface area contributed by atoms with Crippen molar-refractivity contribution < 1.29 is 14.3 Å². The maximum absolute atomic E-state index is 11.5. The number of nitrogens with one attached hydrogen (secondary N) is 2. The van der Waals surface area contributed by atoms with Crippen LogP contribution in [-0.4, -0.2) is 33.2 Å². The van der Waals surface area contributed by atoms with Crippen LogP contribution in [0.15, 0.2) is 18.2 Å². The Balaban J connectivity index is 2.64. The van der Waals surface area contributed by atoms with Gasteiger partial charge < -0.3 is 20.1 Å². The molecule has 0 fully saturated rings. The molecular weight excluding hydrogens is 244 g/mol. The Morgan fingerprint density at radius 2 is 2.11 bits per heavy atom. The van der Waals surface area contributed by atoms with Crippen molar-refractivity contribution in [3.63, 3.8) is 0 Å². The normalized spacial score (nSPS) is 10.1. The van der Waals surface area contributed by atoms with E-state index >= 15 is 0 Å². The fraction of sp³-hybridized carbons (Fsp3) is 0.500. The average molecular weight is 266 g/mol. The summed E-state index contributed by atoms with van der Waals surface area (Å²) in [5.41, 5.74) is 1.08. The van der Waals surface area contributed by atoms with Crippen molar-refractivity contribution in [3.8, 4) is 11.5 Å². The Bertz CT molecular complexity index is 408. The number of methoxy groups -OCH3 is 1. The molecule has 0 spiro atoms. The van der Waals surface area contributed by atoms with Gasteiger partial charge in [0.25, 0.3) is 5.91 Å². The van der Waals surface area contributed by atoms with Gasteiger partial charge in [-0.1, -0.05) is 13.0 Å². The van der Waals surface area contributed by atoms with Crippen LogP contribution in [0.2, 0.25) is 0 Å². The largest absolute Gasteiger partial charge is 0.493 e. The van der Waals surface area contributed by atoms with E-state index in [-0.39, 0.29) is 12.5 Å². The highest BCUT2D eigenvalue weighted by atomic mass is 16.5. The molecule has 5 heteroatoms. The first-order valence-electron chi connectivity index (χ1n) is 6.42. The second kappa shape index (κ2) is 8.37. The number of carbonyl (C=O) groups is 1. The number of rotatable bonds is 8. The zero-order chi connectivity index (χ0) is 14.1. The Hall–Kier alpha value is -1.75. The summed E-state index contributed by atoms with van der Waals surface area (Å²) in [6, 6.07) is 5.67. The molecular formula is C14H22N2O3. The summed E-state index contributed by atoms with van der Waals surface area (Å²) in [5.74, 6) is 1.09. The maximum Gasteiger partial charge on any atom is 0.257 e. The average Bonchev–Trinajstić information content (AvgIpc) is 2.43. The lowest BCUT2D eigenvalue weighted by molar-refractivity contribution is -0.123. The molecule has 5 nitrogen and oxygen atoms in total. The van der Waals surface area contributed by atoms with Gasteiger partial charge in [-0.2, -0.15) is 0 Å². The summed E-state index contributed by atoms with van der Waals surface area (Å²) in [7, 11) is 3.46. The van der Waals surface area contributed by atoms with Gasteiger partial charge in [0.2, 0.25) is 0 Å². The molecule has 0 aliphatic heterocycles. The van der Waals surface area contributed by atoms with Gasteiger partial charge in [-0.15, -0.1) is 0 Å². The molecule has 1 aromatic carbocycles. The van der Waals surface area contributed by atoms with E-state index in [1.807, 2.05) is 32.2 Å². The van der Waals surface area contributed by atoms with Crippen molar-refractivity contribution in [3.05, 3.63) is 23.8 Å². The highest BCUT2D eigenvalue weighted by Gasteiger charge is 2.08. The monoisotopic (exact) mass is 266 g/mol. The van der Waals surface area contributed by atoms with Crippen LogP contribution in [0.5, 0.6) is 11.5 Å². The second-order valence-corrected chi connectivity index (χ2v) is 4.15. The minimum Gasteiger partial charge on any atom is -0.493 e. The van der Waals surface area contributed by atoms with Gasteiger partial charge in [0.05, 0.1) is 7.11 Å². The van der Waals surface area contributed by atoms with Gasteiger partial charge >= 0.3 is 0 Å². The fourth-order valence-corrected chi connectivity index (χ4v) is 1.61. The van der Waals surface area contributed by atoms with E-state index in [2.05, 4.69) is 10.6 Å². The zero-order valence-electron chi connectivity index (χ0n) is 11.8. The number of carbonyl (C=O) groups excluding carboxylic acids is 1. The van der Waals surface area contributed by atoms with Gasteiger partial charge in [0.15, 0.2) is 18.1 Å². The molecule has 0 unspecified atom stereocenters. The molecule has 0 aliphatic carbocycles. The van der Waals surface area contributed by atoms with Crippen LogP contribution < -0.4 is 20.1 Å². The van der Waals surface area contributed by atoms with Gasteiger partial charge in [-0.3, -0.25) is 4.79 Å². The van der Waals surface area contributed by atoms with Gasteiger partial charge in [0, 0.05) is 13.1 Å². The molecule has 0 saturated carbocycles. The van der Waals surface area contributed by atoms with Crippen molar-refractivity contribution in [1.82, 2.24) is 10.6 Å². The van der Waals surface area contributed by atoms with Crippen molar-refractivity contribution in [2.45, 2.75) is 19.9 Å². The molecule has 0 aromatic heterocycles. The molecule has 19 heavy (non-hydrogen) atoms. The third kappa shape index (κ3) is 5.18. The molecule has 0 atom stereocenters. The molecule has 1 amide bonds. The standard InChI is InChI=1S/C14H22N2O3/c1-4-7-16-14(17)10-19-13-8-11(9-15-2)5-6-12(13)18-3/h5-6,8,15H,4,7,9-10H2,1-3H3,(H,16,17). The second-order valence-electron chi connectivity index (χ2n) is 4.15. The summed E-state index contributed by atoms with van der Waals surface area (Å²) >= 11 is 0. The third-order valence-corrected chi connectivity index (χ3v) is 2.54. The SMILES string of the molecule is CCCNC(=O)COc1cc(CNC)ccc1OC. The molecule has 106 valence electrons. The number of benzene rings is 1. The number of ether oxygens (including phenoxy) is 2. The lowest BCUT2D eigenvalue weighted by atomic mass is 10.2. The Morgan fingerprint density at radius 3 is 2.74 bits per heavy atom. The summed E-state index contributed by atoms with van der Waals surface area (Å²) in [4.78, 5) is 11.5. The molecule has 0 radical (unpaired) electrons. The first kappa shape index (κ1) is 15.3. The van der Waals surface area contributed by atoms with E-state index in [0.717, 1.165) is 18.5 Å². The fourth-order valence-electron chi connectivity index (χ4n) is 1.61. The van der Waals surface area contributed by atoms with Crippen LogP contribution in [0.4, 0.5) is 0 Å². The number of hydrogen-bond donors (Lipinski definition) is 2. The quantitative estimate of drug-likeness (QED) is 0.745. The summed E-state index contributed by atoms with van der Waals surface area (Å²) in [5, 5.41) is 5.83. The van der Waals surface area contributed by atoms with Crippen LogP contribution in [-0.2, 0) is 11.3 Å². The van der Waals surface area contributed by atoms with Gasteiger partial charge in [0.1, 0.15) is 0 Å². The molecule has 2 N–H and O–H groups in total. The molecule has 0 saturated heterocycles. The molecule has 0 aliphatic rings. The van der Waals surface area contributed by atoms with Crippen LogP contribution in [0.25, 0.3) is 0 Å². The highest BCUT2D eigenvalue weighted by molar-refractivity contribution is 5.77. The predicted molar refractivity (Wildman–Crippen MR) is 74.6 cm³/mol. The van der Waals surface area contributed by atoms with E-state index in [9.17, 15) is 4.79 Å². The molecule has 0 bridgehead atoms. The van der Waals surface area contributed by atoms with E-state index in [4.69, 9.17) is 9.47 Å². The number of amides is 1. The minimum absolute atomic E-state index is 0.000628.